The van der Waals surface area contributed by atoms with Crippen LogP contribution in [0.3, 0.4) is 0 Å². The van der Waals surface area contributed by atoms with Gasteiger partial charge in [-0.3, -0.25) is 4.31 Å². The summed E-state index contributed by atoms with van der Waals surface area (Å²) < 4.78 is 29.3. The van der Waals surface area contributed by atoms with E-state index >= 15 is 0 Å². The van der Waals surface area contributed by atoms with Crippen molar-refractivity contribution in [2.75, 3.05) is 10.8 Å². The van der Waals surface area contributed by atoms with Gasteiger partial charge in [-0.1, -0.05) is 70.0 Å². The van der Waals surface area contributed by atoms with Crippen molar-refractivity contribution in [1.29, 1.82) is 0 Å². The van der Waals surface area contributed by atoms with E-state index < -0.39 is 10.0 Å². The molecule has 3 nitrogen and oxygen atoms in total. The number of sulfonamides is 1. The summed E-state index contributed by atoms with van der Waals surface area (Å²) in [4.78, 5) is 0.275. The lowest BCUT2D eigenvalue weighted by atomic mass is 9.99. The van der Waals surface area contributed by atoms with Gasteiger partial charge in [0.1, 0.15) is 0 Å². The summed E-state index contributed by atoms with van der Waals surface area (Å²) >= 11 is 3.42. The molecule has 0 radical (unpaired) electrons. The number of hydrogen-bond acceptors (Lipinski definition) is 2. The molecular weight excluding hydrogens is 434 g/mol. The molecule has 0 aromatic heterocycles. The zero-order valence-electron chi connectivity index (χ0n) is 15.6. The van der Waals surface area contributed by atoms with E-state index in [2.05, 4.69) is 22.5 Å². The highest BCUT2D eigenvalue weighted by Crippen LogP contribution is 2.29. The number of halogens is 1. The van der Waals surface area contributed by atoms with Gasteiger partial charge in [-0.05, 0) is 48.9 Å². The number of benzene rings is 3. The third-order valence-electron chi connectivity index (χ3n) is 4.60. The Labute approximate surface area is 175 Å². The molecule has 28 heavy (non-hydrogen) atoms. The SMILES string of the molecule is C=C[C@H](CN(c1ccc(Br)cc1)S(=O)(=O)c1ccc(C)cc1)c1ccccc1. The third kappa shape index (κ3) is 4.54. The van der Waals surface area contributed by atoms with Gasteiger partial charge in [0.2, 0.25) is 0 Å². The van der Waals surface area contributed by atoms with Gasteiger partial charge in [0.05, 0.1) is 10.6 Å². The summed E-state index contributed by atoms with van der Waals surface area (Å²) in [5, 5.41) is 0. The van der Waals surface area contributed by atoms with E-state index in [1.807, 2.05) is 61.5 Å². The van der Waals surface area contributed by atoms with E-state index in [9.17, 15) is 8.42 Å². The minimum Gasteiger partial charge on any atom is -0.265 e. The molecule has 0 saturated carbocycles. The maximum absolute atomic E-state index is 13.5. The molecule has 0 aliphatic carbocycles. The molecule has 3 rings (SSSR count). The van der Waals surface area contributed by atoms with Crippen LogP contribution in [0.15, 0.2) is 101 Å². The lowest BCUT2D eigenvalue weighted by molar-refractivity contribution is 0.589. The van der Waals surface area contributed by atoms with Gasteiger partial charge in [0.25, 0.3) is 10.0 Å². The Hall–Kier alpha value is -2.37. The Balaban J connectivity index is 2.05. The van der Waals surface area contributed by atoms with Crippen LogP contribution in [0.2, 0.25) is 0 Å². The van der Waals surface area contributed by atoms with Crippen molar-refractivity contribution < 1.29 is 8.42 Å². The zero-order chi connectivity index (χ0) is 20.1. The Morgan fingerprint density at radius 3 is 2.14 bits per heavy atom. The number of hydrogen-bond donors (Lipinski definition) is 0. The van der Waals surface area contributed by atoms with E-state index in [0.29, 0.717) is 5.69 Å². The molecule has 3 aromatic carbocycles. The Morgan fingerprint density at radius 2 is 1.57 bits per heavy atom. The molecule has 0 heterocycles. The molecule has 0 fully saturated rings. The number of aryl methyl sites for hydroxylation is 1. The van der Waals surface area contributed by atoms with Gasteiger partial charge in [-0.25, -0.2) is 8.42 Å². The van der Waals surface area contributed by atoms with Gasteiger partial charge in [0, 0.05) is 16.9 Å². The highest BCUT2D eigenvalue weighted by Gasteiger charge is 2.27. The first-order chi connectivity index (χ1) is 13.4. The predicted molar refractivity (Wildman–Crippen MR) is 119 cm³/mol. The number of rotatable bonds is 7. The van der Waals surface area contributed by atoms with Crippen LogP contribution in [-0.4, -0.2) is 15.0 Å². The monoisotopic (exact) mass is 455 g/mol. The maximum atomic E-state index is 13.5. The summed E-state index contributed by atoms with van der Waals surface area (Å²) in [5.41, 5.74) is 2.66. The molecule has 0 aliphatic rings. The summed E-state index contributed by atoms with van der Waals surface area (Å²) in [6.45, 7) is 6.14. The van der Waals surface area contributed by atoms with Crippen LogP contribution in [0, 0.1) is 6.92 Å². The number of nitrogens with zero attached hydrogens (tertiary/aromatic N) is 1. The molecule has 0 N–H and O–H groups in total. The second-order valence-corrected chi connectivity index (χ2v) is 9.36. The van der Waals surface area contributed by atoms with E-state index in [1.54, 1.807) is 30.3 Å². The smallest absolute Gasteiger partial charge is 0.264 e. The predicted octanol–water partition coefficient (Wildman–Crippen LogP) is 5.92. The van der Waals surface area contributed by atoms with Crippen molar-refractivity contribution in [2.24, 2.45) is 0 Å². The number of anilines is 1. The normalized spacial score (nSPS) is 12.4. The molecule has 0 amide bonds. The van der Waals surface area contributed by atoms with Crippen molar-refractivity contribution in [2.45, 2.75) is 17.7 Å². The van der Waals surface area contributed by atoms with Crippen molar-refractivity contribution in [3.05, 3.63) is 107 Å². The molecule has 0 saturated heterocycles. The van der Waals surface area contributed by atoms with Gasteiger partial charge in [-0.2, -0.15) is 0 Å². The van der Waals surface area contributed by atoms with Gasteiger partial charge >= 0.3 is 0 Å². The average molecular weight is 456 g/mol. The largest absolute Gasteiger partial charge is 0.265 e. The van der Waals surface area contributed by atoms with E-state index in [4.69, 9.17) is 0 Å². The minimum atomic E-state index is -3.73. The zero-order valence-corrected chi connectivity index (χ0v) is 18.0. The van der Waals surface area contributed by atoms with E-state index in [0.717, 1.165) is 15.6 Å². The molecule has 0 unspecified atom stereocenters. The molecule has 5 heteroatoms. The van der Waals surface area contributed by atoms with Crippen molar-refractivity contribution in [1.82, 2.24) is 0 Å². The van der Waals surface area contributed by atoms with Gasteiger partial charge in [-0.15, -0.1) is 6.58 Å². The molecule has 0 aliphatic heterocycles. The molecular formula is C23H22BrNO2S. The van der Waals surface area contributed by atoms with Crippen LogP contribution >= 0.6 is 15.9 Å². The molecule has 0 bridgehead atoms. The van der Waals surface area contributed by atoms with Crippen LogP contribution in [0.25, 0.3) is 0 Å². The van der Waals surface area contributed by atoms with E-state index in [-0.39, 0.29) is 17.4 Å². The van der Waals surface area contributed by atoms with Crippen LogP contribution in [-0.2, 0) is 10.0 Å². The molecule has 3 aromatic rings. The second kappa shape index (κ2) is 8.76. The van der Waals surface area contributed by atoms with Crippen molar-refractivity contribution in [3.63, 3.8) is 0 Å². The Kier molecular flexibility index (Phi) is 6.37. The van der Waals surface area contributed by atoms with Crippen LogP contribution < -0.4 is 4.31 Å². The summed E-state index contributed by atoms with van der Waals surface area (Å²) in [6, 6.07) is 24.1. The standard InChI is InChI=1S/C23H22BrNO2S/c1-3-19(20-7-5-4-6-8-20)17-25(22-13-11-21(24)12-14-22)28(26,27)23-15-9-18(2)10-16-23/h3-16,19H,1,17H2,2H3/t19-/m1/s1. The summed E-state index contributed by atoms with van der Waals surface area (Å²) in [5.74, 6) is -0.134. The van der Waals surface area contributed by atoms with Crippen LogP contribution in [0.4, 0.5) is 5.69 Å². The van der Waals surface area contributed by atoms with Crippen molar-refractivity contribution >= 4 is 31.6 Å². The van der Waals surface area contributed by atoms with Crippen molar-refractivity contribution in [3.8, 4) is 0 Å². The Bertz CT molecular complexity index is 1030. The summed E-state index contributed by atoms with van der Waals surface area (Å²) in [7, 11) is -3.73. The molecule has 1 atom stereocenters. The quantitative estimate of drug-likeness (QED) is 0.414. The summed E-state index contributed by atoms with van der Waals surface area (Å²) in [6.07, 6.45) is 1.80. The average Bonchev–Trinajstić information content (AvgIpc) is 2.70. The topological polar surface area (TPSA) is 37.4 Å². The first-order valence-electron chi connectivity index (χ1n) is 8.94. The lowest BCUT2D eigenvalue weighted by Crippen LogP contribution is -2.34. The first kappa shape index (κ1) is 20.4. The van der Waals surface area contributed by atoms with Crippen LogP contribution in [0.5, 0.6) is 0 Å². The van der Waals surface area contributed by atoms with Gasteiger partial charge in [0.15, 0.2) is 0 Å². The highest BCUT2D eigenvalue weighted by atomic mass is 79.9. The third-order valence-corrected chi connectivity index (χ3v) is 6.94. The molecule has 0 spiro atoms. The van der Waals surface area contributed by atoms with Gasteiger partial charge < -0.3 is 0 Å². The minimum absolute atomic E-state index is 0.134. The first-order valence-corrected chi connectivity index (χ1v) is 11.2. The maximum Gasteiger partial charge on any atom is 0.264 e. The van der Waals surface area contributed by atoms with E-state index in [1.165, 1.54) is 4.31 Å². The second-order valence-electron chi connectivity index (χ2n) is 6.58. The lowest BCUT2D eigenvalue weighted by Gasteiger charge is -2.28. The molecule has 144 valence electrons. The fourth-order valence-corrected chi connectivity index (χ4v) is 4.74. The Morgan fingerprint density at radius 1 is 0.964 bits per heavy atom. The fraction of sp³-hybridized carbons (Fsp3) is 0.130. The fourth-order valence-electron chi connectivity index (χ4n) is 2.98. The highest BCUT2D eigenvalue weighted by molar-refractivity contribution is 9.10. The van der Waals surface area contributed by atoms with Crippen LogP contribution in [0.1, 0.15) is 17.0 Å².